The van der Waals surface area contributed by atoms with Gasteiger partial charge in [0.05, 0.1) is 30.0 Å². The zero-order chi connectivity index (χ0) is 28.0. The van der Waals surface area contributed by atoms with Crippen LogP contribution in [0.3, 0.4) is 0 Å². The van der Waals surface area contributed by atoms with E-state index >= 15 is 0 Å². The van der Waals surface area contributed by atoms with Crippen molar-refractivity contribution in [2.24, 2.45) is 11.3 Å². The van der Waals surface area contributed by atoms with E-state index in [9.17, 15) is 9.18 Å². The molecule has 0 spiro atoms. The quantitative estimate of drug-likeness (QED) is 0.225. The maximum atomic E-state index is 13.5. The first-order chi connectivity index (χ1) is 20.0. The number of rotatable bonds is 7. The predicted molar refractivity (Wildman–Crippen MR) is 160 cm³/mol. The molecule has 0 bridgehead atoms. The van der Waals surface area contributed by atoms with Crippen molar-refractivity contribution < 1.29 is 9.18 Å². The molecular weight excluding hydrogens is 511 g/mol. The average Bonchev–Trinajstić information content (AvgIpc) is 3.67. The molecule has 3 aromatic carbocycles. The third-order valence-electron chi connectivity index (χ3n) is 9.31. The standard InChI is InChI=1S/C35H33FN4O/c1-35-20-25-22-38-40(29-15-13-28(36)14-16-29)33(25)19-27(35)12-11-26(35)18-32(23-7-3-2-4-8-23)39-34(41)17-24-21-37-31-10-6-5-9-30(24)31/h2-10,13-16,19,21-22,26,32,37H,11-12,17-18,20H2,1H3,(H,39,41)/t26-,32?,35-/m1/s1. The third kappa shape index (κ3) is 4.67. The number of H-pyrrole nitrogens is 1. The summed E-state index contributed by atoms with van der Waals surface area (Å²) in [5, 5.41) is 9.18. The van der Waals surface area contributed by atoms with Crippen molar-refractivity contribution in [3.05, 3.63) is 125 Å². The summed E-state index contributed by atoms with van der Waals surface area (Å²) in [7, 11) is 0. The molecule has 5 aromatic rings. The Kier molecular flexibility index (Phi) is 6.34. The molecule has 2 aliphatic rings. The number of fused-ring (bicyclic) bond motifs is 3. The largest absolute Gasteiger partial charge is 0.361 e. The van der Waals surface area contributed by atoms with Gasteiger partial charge in [-0.15, -0.1) is 0 Å². The summed E-state index contributed by atoms with van der Waals surface area (Å²) in [5.41, 5.74) is 7.82. The van der Waals surface area contributed by atoms with Crippen molar-refractivity contribution >= 4 is 22.9 Å². The van der Waals surface area contributed by atoms with E-state index in [1.807, 2.05) is 53.5 Å². The molecule has 2 N–H and O–H groups in total. The van der Waals surface area contributed by atoms with Crippen molar-refractivity contribution in [3.8, 4) is 5.69 Å². The fraction of sp³-hybridized carbons (Fsp3) is 0.257. The van der Waals surface area contributed by atoms with Crippen LogP contribution in [0.15, 0.2) is 96.8 Å². The highest BCUT2D eigenvalue weighted by Gasteiger charge is 2.46. The molecule has 1 saturated carbocycles. The highest BCUT2D eigenvalue weighted by Crippen LogP contribution is 2.55. The summed E-state index contributed by atoms with van der Waals surface area (Å²) < 4.78 is 15.5. The number of carbonyl (C=O) groups is 1. The number of hydrogen-bond acceptors (Lipinski definition) is 2. The molecular formula is C35H33FN4O. The van der Waals surface area contributed by atoms with E-state index in [4.69, 9.17) is 0 Å². The third-order valence-corrected chi connectivity index (χ3v) is 9.31. The number of nitrogens with one attached hydrogen (secondary N) is 2. The lowest BCUT2D eigenvalue weighted by Gasteiger charge is -2.37. The molecule has 206 valence electrons. The van der Waals surface area contributed by atoms with Crippen LogP contribution in [-0.4, -0.2) is 20.7 Å². The predicted octanol–water partition coefficient (Wildman–Crippen LogP) is 7.34. The van der Waals surface area contributed by atoms with Gasteiger partial charge in [0.1, 0.15) is 5.82 Å². The Balaban J connectivity index is 1.13. The summed E-state index contributed by atoms with van der Waals surface area (Å²) >= 11 is 0. The van der Waals surface area contributed by atoms with E-state index in [1.54, 1.807) is 12.1 Å². The molecule has 5 nitrogen and oxygen atoms in total. The van der Waals surface area contributed by atoms with Gasteiger partial charge < -0.3 is 10.3 Å². The van der Waals surface area contributed by atoms with Gasteiger partial charge in [-0.2, -0.15) is 5.10 Å². The number of hydrogen-bond donors (Lipinski definition) is 2. The monoisotopic (exact) mass is 544 g/mol. The average molecular weight is 545 g/mol. The topological polar surface area (TPSA) is 62.7 Å². The molecule has 7 rings (SSSR count). The van der Waals surface area contributed by atoms with E-state index in [2.05, 4.69) is 46.6 Å². The van der Waals surface area contributed by atoms with Gasteiger partial charge in [0.15, 0.2) is 0 Å². The fourth-order valence-electron chi connectivity index (χ4n) is 7.04. The Morgan fingerprint density at radius 1 is 1.10 bits per heavy atom. The minimum absolute atomic E-state index is 0.00173. The molecule has 3 atom stereocenters. The van der Waals surface area contributed by atoms with Gasteiger partial charge in [0.2, 0.25) is 5.91 Å². The zero-order valence-corrected chi connectivity index (χ0v) is 23.1. The van der Waals surface area contributed by atoms with Crippen LogP contribution in [0, 0.1) is 17.2 Å². The van der Waals surface area contributed by atoms with Crippen molar-refractivity contribution in [2.75, 3.05) is 0 Å². The second kappa shape index (κ2) is 10.2. The van der Waals surface area contributed by atoms with Crippen molar-refractivity contribution in [3.63, 3.8) is 0 Å². The number of halogens is 1. The number of carbonyl (C=O) groups excluding carboxylic acids is 1. The van der Waals surface area contributed by atoms with Crippen LogP contribution in [0.2, 0.25) is 0 Å². The molecule has 2 aromatic heterocycles. The van der Waals surface area contributed by atoms with Crippen LogP contribution in [0.25, 0.3) is 22.7 Å². The van der Waals surface area contributed by atoms with Crippen LogP contribution in [0.1, 0.15) is 54.6 Å². The van der Waals surface area contributed by atoms with E-state index < -0.39 is 0 Å². The summed E-state index contributed by atoms with van der Waals surface area (Å²) in [6.45, 7) is 2.38. The lowest BCUT2D eigenvalue weighted by Crippen LogP contribution is -2.35. The first-order valence-electron chi connectivity index (χ1n) is 14.4. The van der Waals surface area contributed by atoms with Gasteiger partial charge in [-0.3, -0.25) is 4.79 Å². The molecule has 0 saturated heterocycles. The maximum absolute atomic E-state index is 13.5. The van der Waals surface area contributed by atoms with Crippen LogP contribution >= 0.6 is 0 Å². The molecule has 6 heteroatoms. The molecule has 0 radical (unpaired) electrons. The Morgan fingerprint density at radius 2 is 1.88 bits per heavy atom. The second-order valence-corrected chi connectivity index (χ2v) is 11.7. The van der Waals surface area contributed by atoms with Crippen LogP contribution in [0.5, 0.6) is 0 Å². The minimum Gasteiger partial charge on any atom is -0.361 e. The lowest BCUT2D eigenvalue weighted by molar-refractivity contribution is -0.121. The maximum Gasteiger partial charge on any atom is 0.224 e. The number of allylic oxidation sites excluding steroid dienone is 1. The number of benzene rings is 3. The smallest absolute Gasteiger partial charge is 0.224 e. The van der Waals surface area contributed by atoms with E-state index in [0.717, 1.165) is 59.1 Å². The summed E-state index contributed by atoms with van der Waals surface area (Å²) in [4.78, 5) is 16.7. The van der Waals surface area contributed by atoms with E-state index in [1.165, 1.54) is 23.3 Å². The number of amides is 1. The van der Waals surface area contributed by atoms with E-state index in [0.29, 0.717) is 12.3 Å². The van der Waals surface area contributed by atoms with Crippen LogP contribution in [0.4, 0.5) is 4.39 Å². The van der Waals surface area contributed by atoms with Gasteiger partial charge in [0, 0.05) is 17.1 Å². The summed E-state index contributed by atoms with van der Waals surface area (Å²) in [5.74, 6) is 0.199. The van der Waals surface area contributed by atoms with Gasteiger partial charge in [0.25, 0.3) is 0 Å². The normalized spacial score (nSPS) is 20.3. The van der Waals surface area contributed by atoms with Crippen molar-refractivity contribution in [1.82, 2.24) is 20.1 Å². The van der Waals surface area contributed by atoms with Crippen molar-refractivity contribution in [1.29, 1.82) is 0 Å². The van der Waals surface area contributed by atoms with Crippen molar-refractivity contribution in [2.45, 2.75) is 45.1 Å². The summed E-state index contributed by atoms with van der Waals surface area (Å²) in [6.07, 6.45) is 10.4. The van der Waals surface area contributed by atoms with Gasteiger partial charge >= 0.3 is 0 Å². The van der Waals surface area contributed by atoms with Crippen LogP contribution in [-0.2, 0) is 17.6 Å². The molecule has 1 unspecified atom stereocenters. The van der Waals surface area contributed by atoms with Gasteiger partial charge in [-0.05, 0) is 90.1 Å². The molecule has 41 heavy (non-hydrogen) atoms. The van der Waals surface area contributed by atoms with E-state index in [-0.39, 0.29) is 23.2 Å². The Hall–Kier alpha value is -4.45. The lowest BCUT2D eigenvalue weighted by atomic mass is 9.68. The molecule has 1 fully saturated rings. The summed E-state index contributed by atoms with van der Waals surface area (Å²) in [6, 6.07) is 24.9. The Labute approximate surface area is 239 Å². The minimum atomic E-state index is -0.249. The Bertz CT molecular complexity index is 1750. The first-order valence-corrected chi connectivity index (χ1v) is 14.4. The zero-order valence-electron chi connectivity index (χ0n) is 23.1. The van der Waals surface area contributed by atoms with Crippen LogP contribution < -0.4 is 5.32 Å². The molecule has 1 amide bonds. The Morgan fingerprint density at radius 3 is 2.71 bits per heavy atom. The number of aromatic amines is 1. The molecule has 2 heterocycles. The first kappa shape index (κ1) is 25.5. The van der Waals surface area contributed by atoms with Gasteiger partial charge in [-0.1, -0.05) is 61.0 Å². The number of aromatic nitrogens is 3. The number of para-hydroxylation sites is 1. The molecule has 0 aliphatic heterocycles. The number of nitrogens with zero attached hydrogens (tertiary/aromatic N) is 2. The highest BCUT2D eigenvalue weighted by molar-refractivity contribution is 5.89. The molecule has 2 aliphatic carbocycles. The van der Waals surface area contributed by atoms with Gasteiger partial charge in [-0.25, -0.2) is 9.07 Å². The SMILES string of the molecule is C[C@]12Cc3cnn(-c4ccc(F)cc4)c3C=C1CC[C@@H]2CC(NC(=O)Cc1c[nH]c2ccccc12)c1ccccc1. The highest BCUT2D eigenvalue weighted by atomic mass is 19.1. The second-order valence-electron chi connectivity index (χ2n) is 11.7. The fourth-order valence-corrected chi connectivity index (χ4v) is 7.04.